The van der Waals surface area contributed by atoms with Gasteiger partial charge >= 0.3 is 0 Å². The Bertz CT molecular complexity index is 449. The van der Waals surface area contributed by atoms with E-state index in [-0.39, 0.29) is 0 Å². The highest BCUT2D eigenvalue weighted by Gasteiger charge is 2.34. The molecule has 3 nitrogen and oxygen atoms in total. The minimum atomic E-state index is 0.297. The van der Waals surface area contributed by atoms with Crippen LogP contribution in [0, 0.1) is 0 Å². The van der Waals surface area contributed by atoms with Gasteiger partial charge in [0.25, 0.3) is 0 Å². The second-order valence-electron chi connectivity index (χ2n) is 5.11. The summed E-state index contributed by atoms with van der Waals surface area (Å²) in [6.07, 6.45) is 5.09. The number of aliphatic imine (C=N–C) groups is 1. The molecule has 2 N–H and O–H groups in total. The normalized spacial score (nSPS) is 24.6. The molecule has 0 spiro atoms. The first-order valence-electron chi connectivity index (χ1n) is 6.59. The molecule has 1 unspecified atom stereocenters. The molecule has 1 aliphatic heterocycles. The van der Waals surface area contributed by atoms with Crippen LogP contribution in [-0.2, 0) is 0 Å². The zero-order valence-electron chi connectivity index (χ0n) is 10.3. The topological polar surface area (TPSA) is 41.6 Å². The Morgan fingerprint density at radius 3 is 2.50 bits per heavy atom. The Morgan fingerprint density at radius 2 is 1.83 bits per heavy atom. The van der Waals surface area contributed by atoms with E-state index < -0.39 is 0 Å². The predicted octanol–water partition coefficient (Wildman–Crippen LogP) is 2.95. The largest absolute Gasteiger partial charge is 0.370 e. The minimum Gasteiger partial charge on any atom is -0.370 e. The molecule has 0 radical (unpaired) electrons. The minimum absolute atomic E-state index is 0.297. The van der Waals surface area contributed by atoms with Crippen LogP contribution in [0.4, 0.5) is 0 Å². The van der Waals surface area contributed by atoms with Crippen LogP contribution in [0.2, 0.25) is 5.02 Å². The molecule has 3 rings (SSSR count). The fourth-order valence-electron chi connectivity index (χ4n) is 3.08. The van der Waals surface area contributed by atoms with E-state index in [0.717, 1.165) is 11.6 Å². The summed E-state index contributed by atoms with van der Waals surface area (Å²) in [5, 5.41) is 0.776. The highest BCUT2D eigenvalue weighted by atomic mass is 35.5. The maximum Gasteiger partial charge on any atom is 0.192 e. The van der Waals surface area contributed by atoms with E-state index in [9.17, 15) is 0 Å². The van der Waals surface area contributed by atoms with Crippen molar-refractivity contribution in [2.45, 2.75) is 37.8 Å². The van der Waals surface area contributed by atoms with Crippen molar-refractivity contribution in [3.05, 3.63) is 34.9 Å². The fraction of sp³-hybridized carbons (Fsp3) is 0.500. The van der Waals surface area contributed by atoms with Crippen molar-refractivity contribution in [3.63, 3.8) is 0 Å². The maximum atomic E-state index is 6.07. The van der Waals surface area contributed by atoms with Gasteiger partial charge in [0, 0.05) is 11.1 Å². The molecule has 1 heterocycles. The molecule has 1 aromatic rings. The summed E-state index contributed by atoms with van der Waals surface area (Å²) in [7, 11) is 0. The van der Waals surface area contributed by atoms with Gasteiger partial charge in [0.2, 0.25) is 0 Å². The van der Waals surface area contributed by atoms with E-state index in [0.29, 0.717) is 18.0 Å². The molecule has 1 aliphatic carbocycles. The zero-order valence-corrected chi connectivity index (χ0v) is 11.1. The van der Waals surface area contributed by atoms with Gasteiger partial charge in [0.15, 0.2) is 5.96 Å². The molecular weight excluding hydrogens is 246 g/mol. The summed E-state index contributed by atoms with van der Waals surface area (Å²) in [6.45, 7) is 0.768. The third-order valence-corrected chi connectivity index (χ3v) is 4.25. The highest BCUT2D eigenvalue weighted by Crippen LogP contribution is 2.34. The van der Waals surface area contributed by atoms with Gasteiger partial charge in [-0.05, 0) is 30.5 Å². The van der Waals surface area contributed by atoms with Crippen molar-refractivity contribution in [2.75, 3.05) is 6.54 Å². The molecule has 4 heteroatoms. The molecule has 1 aromatic carbocycles. The maximum absolute atomic E-state index is 6.07. The van der Waals surface area contributed by atoms with E-state index in [1.807, 2.05) is 12.1 Å². The van der Waals surface area contributed by atoms with E-state index >= 15 is 0 Å². The van der Waals surface area contributed by atoms with Gasteiger partial charge in [-0.25, -0.2) is 0 Å². The Morgan fingerprint density at radius 1 is 1.17 bits per heavy atom. The summed E-state index contributed by atoms with van der Waals surface area (Å²) in [4.78, 5) is 6.75. The lowest BCUT2D eigenvalue weighted by atomic mass is 10.0. The smallest absolute Gasteiger partial charge is 0.192 e. The molecule has 18 heavy (non-hydrogen) atoms. The van der Waals surface area contributed by atoms with Crippen LogP contribution in [0.1, 0.15) is 37.3 Å². The van der Waals surface area contributed by atoms with E-state index in [4.69, 9.17) is 17.3 Å². The van der Waals surface area contributed by atoms with Gasteiger partial charge in [-0.1, -0.05) is 36.6 Å². The summed E-state index contributed by atoms with van der Waals surface area (Å²) >= 11 is 5.94. The number of halogens is 1. The summed E-state index contributed by atoms with van der Waals surface area (Å²) < 4.78 is 0. The predicted molar refractivity (Wildman–Crippen MR) is 74.8 cm³/mol. The third-order valence-electron chi connectivity index (χ3n) is 4.00. The van der Waals surface area contributed by atoms with Crippen molar-refractivity contribution in [2.24, 2.45) is 10.7 Å². The lowest BCUT2D eigenvalue weighted by Crippen LogP contribution is -2.42. The first-order chi connectivity index (χ1) is 8.75. The molecule has 0 aromatic heterocycles. The average molecular weight is 264 g/mol. The third kappa shape index (κ3) is 2.07. The second kappa shape index (κ2) is 4.81. The molecule has 1 saturated carbocycles. The average Bonchev–Trinajstić information content (AvgIpc) is 2.99. The van der Waals surface area contributed by atoms with E-state index in [2.05, 4.69) is 22.0 Å². The summed E-state index contributed by atoms with van der Waals surface area (Å²) in [5.41, 5.74) is 7.33. The lowest BCUT2D eigenvalue weighted by molar-refractivity contribution is 0.262. The molecule has 2 aliphatic rings. The van der Waals surface area contributed by atoms with Gasteiger partial charge in [-0.15, -0.1) is 0 Å². The number of nitrogens with zero attached hydrogens (tertiary/aromatic N) is 2. The Labute approximate surface area is 113 Å². The molecular formula is C14H18ClN3. The number of guanidine groups is 1. The number of benzene rings is 1. The molecule has 1 fully saturated rings. The van der Waals surface area contributed by atoms with Crippen LogP contribution in [0.3, 0.4) is 0 Å². The Balaban J connectivity index is 1.85. The number of nitrogens with two attached hydrogens (primary N) is 1. The van der Waals surface area contributed by atoms with Gasteiger partial charge in [-0.3, -0.25) is 4.99 Å². The van der Waals surface area contributed by atoms with E-state index in [1.54, 1.807) is 0 Å². The van der Waals surface area contributed by atoms with Crippen molar-refractivity contribution < 1.29 is 0 Å². The fourth-order valence-corrected chi connectivity index (χ4v) is 3.21. The molecule has 0 amide bonds. The highest BCUT2D eigenvalue weighted by molar-refractivity contribution is 6.30. The first kappa shape index (κ1) is 11.8. The van der Waals surface area contributed by atoms with Gasteiger partial charge in [-0.2, -0.15) is 0 Å². The number of hydrogen-bond acceptors (Lipinski definition) is 3. The first-order valence-corrected chi connectivity index (χ1v) is 6.97. The van der Waals surface area contributed by atoms with Gasteiger partial charge in [0.1, 0.15) is 0 Å². The molecule has 96 valence electrons. The standard InChI is InChI=1S/C14H18ClN3/c15-11-7-5-10(6-8-11)13-9-17-14(16)18(13)12-3-1-2-4-12/h5-8,12-13H,1-4,9H2,(H2,16,17). The van der Waals surface area contributed by atoms with Crippen LogP contribution >= 0.6 is 11.6 Å². The monoisotopic (exact) mass is 263 g/mol. The quantitative estimate of drug-likeness (QED) is 0.891. The van der Waals surface area contributed by atoms with Crippen LogP contribution in [-0.4, -0.2) is 23.4 Å². The second-order valence-corrected chi connectivity index (χ2v) is 5.55. The lowest BCUT2D eigenvalue weighted by Gasteiger charge is -2.32. The van der Waals surface area contributed by atoms with Crippen LogP contribution in [0.25, 0.3) is 0 Å². The number of rotatable bonds is 2. The van der Waals surface area contributed by atoms with Crippen molar-refractivity contribution in [3.8, 4) is 0 Å². The van der Waals surface area contributed by atoms with Crippen LogP contribution in [0.15, 0.2) is 29.3 Å². The van der Waals surface area contributed by atoms with E-state index in [1.165, 1.54) is 31.2 Å². The summed E-state index contributed by atoms with van der Waals surface area (Å²) in [5.74, 6) is 0.710. The van der Waals surface area contributed by atoms with Crippen molar-refractivity contribution in [1.82, 2.24) is 4.90 Å². The summed E-state index contributed by atoms with van der Waals surface area (Å²) in [6, 6.07) is 8.92. The van der Waals surface area contributed by atoms with Crippen LogP contribution < -0.4 is 5.73 Å². The van der Waals surface area contributed by atoms with Gasteiger partial charge in [0.05, 0.1) is 12.6 Å². The molecule has 0 bridgehead atoms. The zero-order chi connectivity index (χ0) is 12.5. The van der Waals surface area contributed by atoms with Crippen molar-refractivity contribution >= 4 is 17.6 Å². The Hall–Kier alpha value is -1.22. The van der Waals surface area contributed by atoms with Crippen molar-refractivity contribution in [1.29, 1.82) is 0 Å². The molecule has 1 atom stereocenters. The Kier molecular flexibility index (Phi) is 3.16. The molecule has 0 saturated heterocycles. The number of hydrogen-bond donors (Lipinski definition) is 1. The van der Waals surface area contributed by atoms with Gasteiger partial charge < -0.3 is 10.6 Å². The SMILES string of the molecule is NC1=NCC(c2ccc(Cl)cc2)N1C1CCCC1. The van der Waals surface area contributed by atoms with Crippen LogP contribution in [0.5, 0.6) is 0 Å².